The molecular weight excluding hydrogens is 328 g/mol. The van der Waals surface area contributed by atoms with Crippen LogP contribution in [0.3, 0.4) is 0 Å². The highest BCUT2D eigenvalue weighted by atomic mass is 35.5. The first-order chi connectivity index (χ1) is 11.4. The first-order valence-electron chi connectivity index (χ1n) is 7.69. The lowest BCUT2D eigenvalue weighted by Crippen LogP contribution is -2.25. The highest BCUT2D eigenvalue weighted by Gasteiger charge is 2.12. The van der Waals surface area contributed by atoms with Crippen molar-refractivity contribution in [2.75, 3.05) is 19.0 Å². The zero-order valence-electron chi connectivity index (χ0n) is 14.2. The van der Waals surface area contributed by atoms with E-state index in [1.807, 2.05) is 19.9 Å². The molecule has 1 aromatic heterocycles. The van der Waals surface area contributed by atoms with E-state index in [4.69, 9.17) is 16.3 Å². The van der Waals surface area contributed by atoms with E-state index in [-0.39, 0.29) is 5.91 Å². The van der Waals surface area contributed by atoms with Crippen molar-refractivity contribution in [3.63, 3.8) is 0 Å². The van der Waals surface area contributed by atoms with E-state index < -0.39 is 0 Å². The van der Waals surface area contributed by atoms with Crippen LogP contribution in [0.4, 0.5) is 11.5 Å². The van der Waals surface area contributed by atoms with Crippen LogP contribution < -0.4 is 15.4 Å². The molecule has 0 unspecified atom stereocenters. The molecule has 128 valence electrons. The van der Waals surface area contributed by atoms with Crippen molar-refractivity contribution < 1.29 is 9.53 Å². The molecule has 2 N–H and O–H groups in total. The van der Waals surface area contributed by atoms with Crippen LogP contribution in [0.5, 0.6) is 5.75 Å². The Labute approximate surface area is 146 Å². The van der Waals surface area contributed by atoms with Crippen LogP contribution in [-0.2, 0) is 0 Å². The van der Waals surface area contributed by atoms with Crippen LogP contribution in [0.25, 0.3) is 0 Å². The number of halogens is 1. The number of nitrogens with zero attached hydrogens (tertiary/aromatic N) is 2. The highest BCUT2D eigenvalue weighted by Crippen LogP contribution is 2.32. The molecular formula is C17H21ClN4O2. The molecule has 6 nitrogen and oxygen atoms in total. The van der Waals surface area contributed by atoms with Gasteiger partial charge >= 0.3 is 0 Å². The number of aryl methyl sites for hydroxylation is 2. The Morgan fingerprint density at radius 1 is 1.25 bits per heavy atom. The first kappa shape index (κ1) is 18.0. The summed E-state index contributed by atoms with van der Waals surface area (Å²) in [5.74, 6) is 1.40. The normalized spacial score (nSPS) is 10.4. The summed E-state index contributed by atoms with van der Waals surface area (Å²) in [6.45, 7) is 6.25. The maximum Gasteiger partial charge on any atom is 0.270 e. The number of hydrogen-bond acceptors (Lipinski definition) is 5. The van der Waals surface area contributed by atoms with Crippen molar-refractivity contribution in [1.29, 1.82) is 0 Å². The fourth-order valence-electron chi connectivity index (χ4n) is 2.14. The fourth-order valence-corrected chi connectivity index (χ4v) is 2.30. The molecule has 2 rings (SSSR count). The molecule has 0 aliphatic carbocycles. The summed E-state index contributed by atoms with van der Waals surface area (Å²) in [6, 6.07) is 5.22. The standard InChI is InChI=1S/C17H21ClN4O2/c1-5-6-19-17(23)14-9-16(21-11(3)20-14)22-13-7-10(2)12(18)8-15(13)24-4/h7-9H,5-6H2,1-4H3,(H,19,23)(H,20,21,22). The van der Waals surface area contributed by atoms with Crippen molar-refractivity contribution in [3.05, 3.63) is 40.3 Å². The van der Waals surface area contributed by atoms with Crippen molar-refractivity contribution in [3.8, 4) is 5.75 Å². The minimum Gasteiger partial charge on any atom is -0.495 e. The largest absolute Gasteiger partial charge is 0.495 e. The van der Waals surface area contributed by atoms with Gasteiger partial charge in [0.05, 0.1) is 12.8 Å². The van der Waals surface area contributed by atoms with E-state index in [0.29, 0.717) is 34.7 Å². The summed E-state index contributed by atoms with van der Waals surface area (Å²) in [5, 5.41) is 6.60. The van der Waals surface area contributed by atoms with Gasteiger partial charge in [0.1, 0.15) is 23.1 Å². The van der Waals surface area contributed by atoms with Gasteiger partial charge in [-0.1, -0.05) is 18.5 Å². The van der Waals surface area contributed by atoms with Gasteiger partial charge in [-0.2, -0.15) is 0 Å². The van der Waals surface area contributed by atoms with Crippen LogP contribution in [0.1, 0.15) is 35.2 Å². The van der Waals surface area contributed by atoms with Crippen LogP contribution in [0, 0.1) is 13.8 Å². The van der Waals surface area contributed by atoms with Gasteiger partial charge in [0.25, 0.3) is 5.91 Å². The summed E-state index contributed by atoms with van der Waals surface area (Å²) >= 11 is 6.12. The number of ether oxygens (including phenoxy) is 1. The van der Waals surface area contributed by atoms with Gasteiger partial charge < -0.3 is 15.4 Å². The summed E-state index contributed by atoms with van der Waals surface area (Å²) in [7, 11) is 1.57. The monoisotopic (exact) mass is 348 g/mol. The van der Waals surface area contributed by atoms with E-state index in [2.05, 4.69) is 20.6 Å². The highest BCUT2D eigenvalue weighted by molar-refractivity contribution is 6.31. The number of benzene rings is 1. The van der Waals surface area contributed by atoms with Gasteiger partial charge in [0.2, 0.25) is 0 Å². The number of nitrogens with one attached hydrogen (secondary N) is 2. The second-order valence-corrected chi connectivity index (χ2v) is 5.78. The number of methoxy groups -OCH3 is 1. The Kier molecular flexibility index (Phi) is 5.98. The van der Waals surface area contributed by atoms with Crippen LogP contribution in [0.2, 0.25) is 5.02 Å². The third-order valence-electron chi connectivity index (χ3n) is 3.35. The zero-order valence-corrected chi connectivity index (χ0v) is 15.0. The molecule has 1 heterocycles. The molecule has 0 fully saturated rings. The Morgan fingerprint density at radius 2 is 2.00 bits per heavy atom. The predicted molar refractivity (Wildman–Crippen MR) is 95.4 cm³/mol. The molecule has 1 amide bonds. The lowest BCUT2D eigenvalue weighted by molar-refractivity contribution is 0.0948. The summed E-state index contributed by atoms with van der Waals surface area (Å²) in [5.41, 5.74) is 1.95. The van der Waals surface area contributed by atoms with E-state index in [0.717, 1.165) is 17.7 Å². The van der Waals surface area contributed by atoms with Gasteiger partial charge in [-0.25, -0.2) is 9.97 Å². The zero-order chi connectivity index (χ0) is 17.7. The average Bonchev–Trinajstić information content (AvgIpc) is 2.55. The molecule has 1 aromatic carbocycles. The molecule has 0 aliphatic rings. The van der Waals surface area contributed by atoms with Crippen LogP contribution in [0.15, 0.2) is 18.2 Å². The van der Waals surface area contributed by atoms with E-state index >= 15 is 0 Å². The minimum absolute atomic E-state index is 0.218. The molecule has 2 aromatic rings. The molecule has 0 radical (unpaired) electrons. The molecule has 0 bridgehead atoms. The topological polar surface area (TPSA) is 76.1 Å². The Hall–Kier alpha value is -2.34. The quantitative estimate of drug-likeness (QED) is 0.833. The third-order valence-corrected chi connectivity index (χ3v) is 3.76. The lowest BCUT2D eigenvalue weighted by atomic mass is 10.2. The second kappa shape index (κ2) is 7.97. The summed E-state index contributed by atoms with van der Waals surface area (Å²) < 4.78 is 5.34. The van der Waals surface area contributed by atoms with Gasteiger partial charge in [-0.3, -0.25) is 4.79 Å². The molecule has 0 saturated carbocycles. The molecule has 0 aliphatic heterocycles. The molecule has 24 heavy (non-hydrogen) atoms. The van der Waals surface area contributed by atoms with Gasteiger partial charge in [-0.05, 0) is 31.9 Å². The Morgan fingerprint density at radius 3 is 2.67 bits per heavy atom. The maximum absolute atomic E-state index is 12.1. The number of rotatable bonds is 6. The number of carbonyl (C=O) groups is 1. The SMILES string of the molecule is CCCNC(=O)c1cc(Nc2cc(C)c(Cl)cc2OC)nc(C)n1. The van der Waals surface area contributed by atoms with Crippen molar-refractivity contribution in [2.45, 2.75) is 27.2 Å². The first-order valence-corrected chi connectivity index (χ1v) is 8.07. The van der Waals surface area contributed by atoms with Crippen LogP contribution in [-0.4, -0.2) is 29.5 Å². The number of anilines is 2. The van der Waals surface area contributed by atoms with E-state index in [1.54, 1.807) is 26.2 Å². The fraction of sp³-hybridized carbons (Fsp3) is 0.353. The Balaban J connectivity index is 2.32. The third kappa shape index (κ3) is 4.35. The van der Waals surface area contributed by atoms with E-state index in [9.17, 15) is 4.79 Å². The van der Waals surface area contributed by atoms with Crippen LogP contribution >= 0.6 is 11.6 Å². The summed E-state index contributed by atoms with van der Waals surface area (Å²) in [6.07, 6.45) is 0.863. The number of carbonyl (C=O) groups excluding carboxylic acids is 1. The molecule has 0 atom stereocenters. The molecule has 0 saturated heterocycles. The number of amides is 1. The summed E-state index contributed by atoms with van der Waals surface area (Å²) in [4.78, 5) is 20.6. The smallest absolute Gasteiger partial charge is 0.270 e. The van der Waals surface area contributed by atoms with Gasteiger partial charge in [-0.15, -0.1) is 0 Å². The maximum atomic E-state index is 12.1. The predicted octanol–water partition coefficient (Wildman–Crippen LogP) is 3.64. The second-order valence-electron chi connectivity index (χ2n) is 5.37. The van der Waals surface area contributed by atoms with Gasteiger partial charge in [0, 0.05) is 23.7 Å². The lowest BCUT2D eigenvalue weighted by Gasteiger charge is -2.13. The Bertz CT molecular complexity index is 750. The molecule has 0 spiro atoms. The van der Waals surface area contributed by atoms with Crippen molar-refractivity contribution in [2.24, 2.45) is 0 Å². The number of hydrogen-bond donors (Lipinski definition) is 2. The molecule has 7 heteroatoms. The average molecular weight is 349 g/mol. The van der Waals surface area contributed by atoms with Crippen molar-refractivity contribution >= 4 is 29.0 Å². The van der Waals surface area contributed by atoms with E-state index in [1.165, 1.54) is 0 Å². The van der Waals surface area contributed by atoms with Crippen molar-refractivity contribution in [1.82, 2.24) is 15.3 Å². The minimum atomic E-state index is -0.218. The number of aromatic nitrogens is 2. The van der Waals surface area contributed by atoms with Gasteiger partial charge in [0.15, 0.2) is 0 Å².